The average molecular weight is 344 g/mol. The molecule has 0 spiro atoms. The summed E-state index contributed by atoms with van der Waals surface area (Å²) in [5.74, 6) is -1.89. The van der Waals surface area contributed by atoms with E-state index in [2.05, 4.69) is 5.32 Å². The standard InChI is InChI=1S/C19H18F2N2O2/c1-23-17(24)11-10-15(18(23)14-4-2-3-5-16(14)21)19(25)22-13-8-6-12(20)7-9-13/h2-9,15,18H,10-11H2,1H3,(H,22,25)/t15-,18-/m1/s1. The van der Waals surface area contributed by atoms with Crippen molar-refractivity contribution in [2.45, 2.75) is 18.9 Å². The molecule has 4 nitrogen and oxygen atoms in total. The van der Waals surface area contributed by atoms with Crippen molar-refractivity contribution in [3.05, 3.63) is 65.7 Å². The summed E-state index contributed by atoms with van der Waals surface area (Å²) in [6.07, 6.45) is 0.554. The van der Waals surface area contributed by atoms with Gasteiger partial charge in [0.25, 0.3) is 0 Å². The molecule has 1 N–H and O–H groups in total. The number of hydrogen-bond acceptors (Lipinski definition) is 2. The summed E-state index contributed by atoms with van der Waals surface area (Å²) in [5, 5.41) is 2.73. The molecule has 2 aromatic rings. The van der Waals surface area contributed by atoms with Gasteiger partial charge in [-0.05, 0) is 36.8 Å². The molecule has 3 rings (SSSR count). The summed E-state index contributed by atoms with van der Waals surface area (Å²) < 4.78 is 27.3. The quantitative estimate of drug-likeness (QED) is 0.926. The third-order valence-electron chi connectivity index (χ3n) is 4.53. The fourth-order valence-corrected chi connectivity index (χ4v) is 3.22. The molecule has 130 valence electrons. The second-order valence-electron chi connectivity index (χ2n) is 6.11. The number of halogens is 2. The predicted octanol–water partition coefficient (Wildman–Crippen LogP) is 3.51. The van der Waals surface area contributed by atoms with Gasteiger partial charge in [0.15, 0.2) is 0 Å². The summed E-state index contributed by atoms with van der Waals surface area (Å²) in [7, 11) is 1.58. The highest BCUT2D eigenvalue weighted by Gasteiger charge is 2.40. The van der Waals surface area contributed by atoms with E-state index in [1.165, 1.54) is 35.2 Å². The molecule has 25 heavy (non-hydrogen) atoms. The molecule has 2 aromatic carbocycles. The van der Waals surface area contributed by atoms with E-state index < -0.39 is 23.6 Å². The van der Waals surface area contributed by atoms with Gasteiger partial charge in [0.2, 0.25) is 11.8 Å². The van der Waals surface area contributed by atoms with E-state index in [-0.39, 0.29) is 18.2 Å². The minimum absolute atomic E-state index is 0.126. The first kappa shape index (κ1) is 17.1. The number of nitrogens with one attached hydrogen (secondary N) is 1. The highest BCUT2D eigenvalue weighted by atomic mass is 19.1. The number of rotatable bonds is 3. The number of hydrogen-bond donors (Lipinski definition) is 1. The third kappa shape index (κ3) is 3.52. The summed E-state index contributed by atoms with van der Waals surface area (Å²) >= 11 is 0. The Bertz CT molecular complexity index is 792. The van der Waals surface area contributed by atoms with Crippen molar-refractivity contribution in [1.82, 2.24) is 4.90 Å². The fourth-order valence-electron chi connectivity index (χ4n) is 3.22. The highest BCUT2D eigenvalue weighted by molar-refractivity contribution is 5.94. The Kier molecular flexibility index (Phi) is 4.79. The average Bonchev–Trinajstić information content (AvgIpc) is 2.60. The smallest absolute Gasteiger partial charge is 0.229 e. The lowest BCUT2D eigenvalue weighted by atomic mass is 9.83. The second-order valence-corrected chi connectivity index (χ2v) is 6.11. The first-order chi connectivity index (χ1) is 12.0. The Morgan fingerprint density at radius 2 is 1.80 bits per heavy atom. The van der Waals surface area contributed by atoms with Crippen LogP contribution in [0.1, 0.15) is 24.4 Å². The monoisotopic (exact) mass is 344 g/mol. The maximum Gasteiger partial charge on any atom is 0.229 e. The Morgan fingerprint density at radius 1 is 1.12 bits per heavy atom. The van der Waals surface area contributed by atoms with Gasteiger partial charge in [-0.15, -0.1) is 0 Å². The molecule has 1 aliphatic heterocycles. The SMILES string of the molecule is CN1C(=O)CC[C@@H](C(=O)Nc2ccc(F)cc2)[C@H]1c1ccccc1F. The summed E-state index contributed by atoms with van der Waals surface area (Å²) in [6, 6.07) is 10.9. The lowest BCUT2D eigenvalue weighted by molar-refractivity contribution is -0.140. The topological polar surface area (TPSA) is 49.4 Å². The summed E-state index contributed by atoms with van der Waals surface area (Å²) in [5.41, 5.74) is 0.774. The molecule has 1 aliphatic rings. The Balaban J connectivity index is 1.89. The number of carbonyl (C=O) groups is 2. The van der Waals surface area contributed by atoms with Gasteiger partial charge in [0.1, 0.15) is 11.6 Å². The molecule has 0 aromatic heterocycles. The fraction of sp³-hybridized carbons (Fsp3) is 0.263. The van der Waals surface area contributed by atoms with Crippen LogP contribution < -0.4 is 5.32 Å². The van der Waals surface area contributed by atoms with Gasteiger partial charge in [-0.2, -0.15) is 0 Å². The maximum atomic E-state index is 14.3. The van der Waals surface area contributed by atoms with Crippen molar-refractivity contribution in [2.75, 3.05) is 12.4 Å². The van der Waals surface area contributed by atoms with Gasteiger partial charge in [-0.1, -0.05) is 18.2 Å². The molecule has 1 fully saturated rings. The van der Waals surface area contributed by atoms with Crippen LogP contribution in [0.5, 0.6) is 0 Å². The number of piperidine rings is 1. The van der Waals surface area contributed by atoms with Crippen LogP contribution in [0.3, 0.4) is 0 Å². The summed E-state index contributed by atoms with van der Waals surface area (Å²) in [4.78, 5) is 26.2. The maximum absolute atomic E-state index is 14.3. The minimum atomic E-state index is -0.678. The van der Waals surface area contributed by atoms with Gasteiger partial charge in [-0.25, -0.2) is 8.78 Å². The van der Waals surface area contributed by atoms with Crippen LogP contribution in [0.2, 0.25) is 0 Å². The number of nitrogens with zero attached hydrogens (tertiary/aromatic N) is 1. The van der Waals surface area contributed by atoms with E-state index in [1.54, 1.807) is 25.2 Å². The van der Waals surface area contributed by atoms with Crippen LogP contribution in [-0.2, 0) is 9.59 Å². The van der Waals surface area contributed by atoms with E-state index in [4.69, 9.17) is 0 Å². The molecule has 0 aliphatic carbocycles. The molecular weight excluding hydrogens is 326 g/mol. The second kappa shape index (κ2) is 7.01. The largest absolute Gasteiger partial charge is 0.338 e. The van der Waals surface area contributed by atoms with E-state index in [0.717, 1.165) is 0 Å². The number of anilines is 1. The molecule has 0 radical (unpaired) electrons. The van der Waals surface area contributed by atoms with Crippen LogP contribution in [-0.4, -0.2) is 23.8 Å². The van der Waals surface area contributed by atoms with E-state index >= 15 is 0 Å². The van der Waals surface area contributed by atoms with E-state index in [9.17, 15) is 18.4 Å². The zero-order chi connectivity index (χ0) is 18.0. The van der Waals surface area contributed by atoms with Crippen LogP contribution >= 0.6 is 0 Å². The lowest BCUT2D eigenvalue weighted by Gasteiger charge is -2.38. The Morgan fingerprint density at radius 3 is 2.48 bits per heavy atom. The van der Waals surface area contributed by atoms with Crippen LogP contribution in [0.25, 0.3) is 0 Å². The highest BCUT2D eigenvalue weighted by Crippen LogP contribution is 2.37. The third-order valence-corrected chi connectivity index (χ3v) is 4.53. The zero-order valence-corrected chi connectivity index (χ0v) is 13.7. The van der Waals surface area contributed by atoms with Crippen LogP contribution in [0.15, 0.2) is 48.5 Å². The molecular formula is C19H18F2N2O2. The Labute approximate surface area is 144 Å². The van der Waals surface area contributed by atoms with Gasteiger partial charge >= 0.3 is 0 Å². The molecule has 2 amide bonds. The van der Waals surface area contributed by atoms with Crippen molar-refractivity contribution in [3.8, 4) is 0 Å². The van der Waals surface area contributed by atoms with Crippen molar-refractivity contribution >= 4 is 17.5 Å². The zero-order valence-electron chi connectivity index (χ0n) is 13.7. The van der Waals surface area contributed by atoms with Gasteiger partial charge < -0.3 is 10.2 Å². The number of likely N-dealkylation sites (tertiary alicyclic amines) is 1. The Hall–Kier alpha value is -2.76. The van der Waals surface area contributed by atoms with Crippen molar-refractivity contribution in [1.29, 1.82) is 0 Å². The molecule has 0 saturated carbocycles. The van der Waals surface area contributed by atoms with Crippen LogP contribution in [0.4, 0.5) is 14.5 Å². The normalized spacial score (nSPS) is 20.4. The summed E-state index contributed by atoms with van der Waals surface area (Å²) in [6.45, 7) is 0. The van der Waals surface area contributed by atoms with E-state index in [0.29, 0.717) is 17.7 Å². The van der Waals surface area contributed by atoms with E-state index in [1.807, 2.05) is 0 Å². The molecule has 0 bridgehead atoms. The number of benzene rings is 2. The molecule has 0 unspecified atom stereocenters. The molecule has 6 heteroatoms. The molecule has 1 heterocycles. The van der Waals surface area contributed by atoms with Gasteiger partial charge in [0, 0.05) is 24.7 Å². The first-order valence-corrected chi connectivity index (χ1v) is 8.04. The van der Waals surface area contributed by atoms with Gasteiger partial charge in [0.05, 0.1) is 12.0 Å². The van der Waals surface area contributed by atoms with Crippen molar-refractivity contribution in [2.24, 2.45) is 5.92 Å². The van der Waals surface area contributed by atoms with Gasteiger partial charge in [-0.3, -0.25) is 9.59 Å². The minimum Gasteiger partial charge on any atom is -0.338 e. The van der Waals surface area contributed by atoms with Crippen molar-refractivity contribution < 1.29 is 18.4 Å². The number of carbonyl (C=O) groups excluding carboxylic acids is 2. The first-order valence-electron chi connectivity index (χ1n) is 8.04. The van der Waals surface area contributed by atoms with Crippen molar-refractivity contribution in [3.63, 3.8) is 0 Å². The molecule has 2 atom stereocenters. The predicted molar refractivity (Wildman–Crippen MR) is 89.7 cm³/mol. The molecule has 1 saturated heterocycles. The van der Waals surface area contributed by atoms with Crippen LogP contribution in [0, 0.1) is 17.6 Å². The lowest BCUT2D eigenvalue weighted by Crippen LogP contribution is -2.44. The number of amides is 2.